The fraction of sp³-hybridized carbons (Fsp3) is 0.143. The lowest BCUT2D eigenvalue weighted by atomic mass is 10.0. The Labute approximate surface area is 156 Å². The number of para-hydroxylation sites is 1. The third-order valence-electron chi connectivity index (χ3n) is 4.66. The highest BCUT2D eigenvalue weighted by molar-refractivity contribution is 7.99. The second-order valence-electron chi connectivity index (χ2n) is 5.98. The zero-order valence-corrected chi connectivity index (χ0v) is 15.6. The Kier molecular flexibility index (Phi) is 4.06. The number of hydrogen-bond acceptors (Lipinski definition) is 4. The van der Waals surface area contributed by atoms with Gasteiger partial charge in [-0.25, -0.2) is 4.98 Å². The third kappa shape index (κ3) is 2.34. The lowest BCUT2D eigenvalue weighted by Crippen LogP contribution is -1.97. The Morgan fingerprint density at radius 1 is 1.12 bits per heavy atom. The van der Waals surface area contributed by atoms with Crippen molar-refractivity contribution in [1.82, 2.24) is 9.55 Å². The van der Waals surface area contributed by atoms with Crippen LogP contribution in [0.15, 0.2) is 53.4 Å². The number of rotatable bonds is 3. The van der Waals surface area contributed by atoms with Crippen LogP contribution in [0.3, 0.4) is 0 Å². The first-order valence-corrected chi connectivity index (χ1v) is 9.41. The molecule has 0 saturated heterocycles. The highest BCUT2D eigenvalue weighted by atomic mass is 32.2. The van der Waals surface area contributed by atoms with Gasteiger partial charge < -0.3 is 9.30 Å². The monoisotopic (exact) mass is 359 g/mol. The molecule has 0 amide bonds. The highest BCUT2D eigenvalue weighted by Crippen LogP contribution is 2.39. The zero-order valence-electron chi connectivity index (χ0n) is 14.8. The summed E-state index contributed by atoms with van der Waals surface area (Å²) in [6.45, 7) is 0. The van der Waals surface area contributed by atoms with Crippen LogP contribution in [0.2, 0.25) is 0 Å². The van der Waals surface area contributed by atoms with Gasteiger partial charge in [-0.1, -0.05) is 18.2 Å². The molecule has 0 aliphatic heterocycles. The molecule has 5 heteroatoms. The van der Waals surface area contributed by atoms with E-state index in [2.05, 4.69) is 22.8 Å². The minimum Gasteiger partial charge on any atom is -0.497 e. The lowest BCUT2D eigenvalue weighted by Gasteiger charge is -2.11. The highest BCUT2D eigenvalue weighted by Gasteiger charge is 2.21. The maximum Gasteiger partial charge on any atom is 0.142 e. The Hall–Kier alpha value is -2.97. The predicted molar refractivity (Wildman–Crippen MR) is 107 cm³/mol. The fourth-order valence-corrected chi connectivity index (χ4v) is 4.15. The van der Waals surface area contributed by atoms with Crippen molar-refractivity contribution in [3.05, 3.63) is 54.1 Å². The molecule has 0 fully saturated rings. The molecule has 0 saturated carbocycles. The minimum atomic E-state index is 0.617. The molecule has 0 aliphatic rings. The molecule has 4 rings (SSSR count). The summed E-state index contributed by atoms with van der Waals surface area (Å²) in [5.74, 6) is 0.781. The van der Waals surface area contributed by atoms with Crippen LogP contribution in [0.1, 0.15) is 5.56 Å². The van der Waals surface area contributed by atoms with Gasteiger partial charge in [-0.2, -0.15) is 5.26 Å². The third-order valence-corrected chi connectivity index (χ3v) is 5.48. The molecule has 4 aromatic rings. The van der Waals surface area contributed by atoms with Crippen LogP contribution in [0.5, 0.6) is 5.75 Å². The van der Waals surface area contributed by atoms with Gasteiger partial charge in [-0.15, -0.1) is 11.8 Å². The Bertz CT molecular complexity index is 1170. The van der Waals surface area contributed by atoms with Crippen molar-refractivity contribution in [3.63, 3.8) is 0 Å². The number of hydrogen-bond donors (Lipinski definition) is 0. The summed E-state index contributed by atoms with van der Waals surface area (Å²) < 4.78 is 7.34. The van der Waals surface area contributed by atoms with Gasteiger partial charge in [0.1, 0.15) is 17.5 Å². The summed E-state index contributed by atoms with van der Waals surface area (Å²) in [5.41, 5.74) is 4.23. The Morgan fingerprint density at radius 3 is 2.50 bits per heavy atom. The van der Waals surface area contributed by atoms with Crippen molar-refractivity contribution in [1.29, 1.82) is 5.26 Å². The summed E-state index contributed by atoms with van der Waals surface area (Å²) >= 11 is 1.59. The lowest BCUT2D eigenvalue weighted by molar-refractivity contribution is 0.415. The number of pyridine rings is 1. The maximum absolute atomic E-state index is 9.90. The van der Waals surface area contributed by atoms with E-state index in [4.69, 9.17) is 9.72 Å². The van der Waals surface area contributed by atoms with Crippen molar-refractivity contribution >= 4 is 33.7 Å². The van der Waals surface area contributed by atoms with Crippen molar-refractivity contribution in [2.45, 2.75) is 4.90 Å². The van der Waals surface area contributed by atoms with Crippen LogP contribution < -0.4 is 4.74 Å². The van der Waals surface area contributed by atoms with Gasteiger partial charge in [0.15, 0.2) is 0 Å². The van der Waals surface area contributed by atoms with Crippen LogP contribution in [-0.4, -0.2) is 22.9 Å². The van der Waals surface area contributed by atoms with Crippen LogP contribution in [0, 0.1) is 11.3 Å². The Balaban J connectivity index is 2.12. The molecular formula is C21H17N3OS. The molecule has 26 heavy (non-hydrogen) atoms. The largest absolute Gasteiger partial charge is 0.497 e. The van der Waals surface area contributed by atoms with E-state index in [1.54, 1.807) is 18.9 Å². The standard InChI is InChI=1S/C21H17N3OS/c1-24-17-7-5-4-6-15(17)18-20(26-3)16(12-22)19(23-21(18)24)13-8-10-14(25-2)11-9-13/h4-11H,1-3H3. The van der Waals surface area contributed by atoms with E-state index in [0.717, 1.165) is 38.1 Å². The van der Waals surface area contributed by atoms with E-state index in [1.807, 2.05) is 49.7 Å². The number of ether oxygens (including phenoxy) is 1. The fourth-order valence-electron chi connectivity index (χ4n) is 3.39. The summed E-state index contributed by atoms with van der Waals surface area (Å²) in [7, 11) is 3.66. The molecule has 0 atom stereocenters. The SMILES string of the molecule is COc1ccc(-c2nc3c(c(SC)c2C#N)c2ccccc2n3C)cc1. The summed E-state index contributed by atoms with van der Waals surface area (Å²) in [6, 6.07) is 18.3. The zero-order chi connectivity index (χ0) is 18.3. The number of nitrogens with zero attached hydrogens (tertiary/aromatic N) is 3. The molecule has 0 bridgehead atoms. The quantitative estimate of drug-likeness (QED) is 0.483. The number of fused-ring (bicyclic) bond motifs is 3. The number of nitriles is 1. The van der Waals surface area contributed by atoms with E-state index >= 15 is 0 Å². The summed E-state index contributed by atoms with van der Waals surface area (Å²) in [4.78, 5) is 5.88. The van der Waals surface area contributed by atoms with E-state index in [9.17, 15) is 5.26 Å². The van der Waals surface area contributed by atoms with Gasteiger partial charge in [-0.3, -0.25) is 0 Å². The summed E-state index contributed by atoms with van der Waals surface area (Å²) in [5, 5.41) is 12.1. The van der Waals surface area contributed by atoms with Gasteiger partial charge in [0, 0.05) is 28.3 Å². The van der Waals surface area contributed by atoms with Gasteiger partial charge in [0.2, 0.25) is 0 Å². The van der Waals surface area contributed by atoms with Crippen LogP contribution in [-0.2, 0) is 7.05 Å². The molecule has 0 unspecified atom stereocenters. The second kappa shape index (κ2) is 6.40. The molecule has 4 nitrogen and oxygen atoms in total. The van der Waals surface area contributed by atoms with E-state index in [1.165, 1.54) is 0 Å². The minimum absolute atomic E-state index is 0.617. The van der Waals surface area contributed by atoms with E-state index < -0.39 is 0 Å². The van der Waals surface area contributed by atoms with Crippen LogP contribution >= 0.6 is 11.8 Å². The van der Waals surface area contributed by atoms with Crippen LogP contribution in [0.25, 0.3) is 33.2 Å². The summed E-state index contributed by atoms with van der Waals surface area (Å²) in [6.07, 6.45) is 2.01. The molecule has 0 spiro atoms. The average molecular weight is 359 g/mol. The molecule has 2 heterocycles. The molecule has 0 aliphatic carbocycles. The van der Waals surface area contributed by atoms with Crippen molar-refractivity contribution in [2.75, 3.05) is 13.4 Å². The second-order valence-corrected chi connectivity index (χ2v) is 6.80. The van der Waals surface area contributed by atoms with Gasteiger partial charge in [0.25, 0.3) is 0 Å². The molecule has 0 N–H and O–H groups in total. The number of aromatic nitrogens is 2. The number of aryl methyl sites for hydroxylation is 1. The first kappa shape index (κ1) is 16.5. The molecule has 2 aromatic heterocycles. The molecule has 0 radical (unpaired) electrons. The van der Waals surface area contributed by atoms with E-state index in [0.29, 0.717) is 11.3 Å². The van der Waals surface area contributed by atoms with Gasteiger partial charge in [-0.05, 0) is 36.6 Å². The first-order valence-electron chi connectivity index (χ1n) is 8.19. The number of thioether (sulfide) groups is 1. The number of benzene rings is 2. The Morgan fingerprint density at radius 2 is 1.85 bits per heavy atom. The van der Waals surface area contributed by atoms with Crippen molar-refractivity contribution in [2.24, 2.45) is 7.05 Å². The number of methoxy groups -OCH3 is 1. The van der Waals surface area contributed by atoms with Gasteiger partial charge >= 0.3 is 0 Å². The van der Waals surface area contributed by atoms with Crippen LogP contribution in [0.4, 0.5) is 0 Å². The van der Waals surface area contributed by atoms with Crippen molar-refractivity contribution < 1.29 is 4.74 Å². The molecular weight excluding hydrogens is 342 g/mol. The molecule has 128 valence electrons. The topological polar surface area (TPSA) is 50.8 Å². The molecule has 2 aromatic carbocycles. The average Bonchev–Trinajstić information content (AvgIpc) is 2.99. The first-order chi connectivity index (χ1) is 12.7. The van der Waals surface area contributed by atoms with Gasteiger partial charge in [0.05, 0.1) is 23.9 Å². The smallest absolute Gasteiger partial charge is 0.142 e. The van der Waals surface area contributed by atoms with Crippen molar-refractivity contribution in [3.8, 4) is 23.1 Å². The van der Waals surface area contributed by atoms with E-state index in [-0.39, 0.29) is 0 Å². The predicted octanol–water partition coefficient (Wildman–Crippen LogP) is 5.00. The maximum atomic E-state index is 9.90. The normalized spacial score (nSPS) is 11.0.